The Morgan fingerprint density at radius 2 is 1.76 bits per heavy atom. The molecule has 1 amide bonds. The number of hydrogen-bond donors (Lipinski definition) is 1. The standard InChI is InChI=1S/C24H32N2O3/c1-6-11-18-14-21(15-22(28-4)23(18)29-5)24(27)25-16-19-12-9-10-13-20(19)17-26(7-2)8-3/h6,9-15H,7-8,16-17H2,1-5H3,(H,25,27)/b11-6+. The van der Waals surface area contributed by atoms with Gasteiger partial charge in [0.1, 0.15) is 0 Å². The van der Waals surface area contributed by atoms with Gasteiger partial charge in [-0.2, -0.15) is 0 Å². The van der Waals surface area contributed by atoms with E-state index >= 15 is 0 Å². The highest BCUT2D eigenvalue weighted by molar-refractivity contribution is 5.96. The number of hydrogen-bond acceptors (Lipinski definition) is 4. The number of methoxy groups -OCH3 is 2. The third-order valence-electron chi connectivity index (χ3n) is 4.96. The van der Waals surface area contributed by atoms with E-state index in [1.165, 1.54) is 5.56 Å². The molecule has 156 valence electrons. The minimum Gasteiger partial charge on any atom is -0.493 e. The number of amides is 1. The molecule has 1 N–H and O–H groups in total. The number of allylic oxidation sites excluding steroid dienone is 1. The largest absolute Gasteiger partial charge is 0.493 e. The van der Waals surface area contributed by atoms with Gasteiger partial charge in [0, 0.05) is 24.2 Å². The van der Waals surface area contributed by atoms with E-state index in [1.807, 2.05) is 37.3 Å². The van der Waals surface area contributed by atoms with Crippen molar-refractivity contribution in [1.82, 2.24) is 10.2 Å². The zero-order valence-electron chi connectivity index (χ0n) is 18.1. The van der Waals surface area contributed by atoms with Crippen LogP contribution in [-0.4, -0.2) is 38.1 Å². The topological polar surface area (TPSA) is 50.8 Å². The van der Waals surface area contributed by atoms with Crippen LogP contribution >= 0.6 is 0 Å². The lowest BCUT2D eigenvalue weighted by atomic mass is 10.1. The number of nitrogens with zero attached hydrogens (tertiary/aromatic N) is 1. The summed E-state index contributed by atoms with van der Waals surface area (Å²) in [4.78, 5) is 15.2. The van der Waals surface area contributed by atoms with E-state index in [9.17, 15) is 4.79 Å². The quantitative estimate of drug-likeness (QED) is 0.642. The molecule has 0 aliphatic heterocycles. The molecule has 2 rings (SSSR count). The second kappa shape index (κ2) is 11.3. The summed E-state index contributed by atoms with van der Waals surface area (Å²) in [6, 6.07) is 11.8. The van der Waals surface area contributed by atoms with E-state index in [-0.39, 0.29) is 5.91 Å². The summed E-state index contributed by atoms with van der Waals surface area (Å²) in [6.45, 7) is 9.59. The van der Waals surface area contributed by atoms with Crippen LogP contribution in [-0.2, 0) is 13.1 Å². The van der Waals surface area contributed by atoms with Gasteiger partial charge >= 0.3 is 0 Å². The molecule has 0 aromatic heterocycles. The number of benzene rings is 2. The molecule has 0 unspecified atom stereocenters. The number of rotatable bonds is 10. The molecule has 0 bridgehead atoms. The zero-order chi connectivity index (χ0) is 21.2. The van der Waals surface area contributed by atoms with Crippen molar-refractivity contribution in [2.24, 2.45) is 0 Å². The Bertz CT molecular complexity index is 842. The second-order valence-corrected chi connectivity index (χ2v) is 6.71. The maximum Gasteiger partial charge on any atom is 0.251 e. The van der Waals surface area contributed by atoms with E-state index in [0.29, 0.717) is 23.6 Å². The first-order valence-corrected chi connectivity index (χ1v) is 10.0. The Kier molecular flexibility index (Phi) is 8.74. The van der Waals surface area contributed by atoms with Crippen molar-refractivity contribution in [2.75, 3.05) is 27.3 Å². The molecule has 5 nitrogen and oxygen atoms in total. The third kappa shape index (κ3) is 5.84. The number of carbonyl (C=O) groups excluding carboxylic acids is 1. The normalized spacial score (nSPS) is 11.1. The molecule has 0 saturated carbocycles. The second-order valence-electron chi connectivity index (χ2n) is 6.71. The Labute approximate surface area is 174 Å². The molecule has 2 aromatic rings. The van der Waals surface area contributed by atoms with Crippen molar-refractivity contribution in [1.29, 1.82) is 0 Å². The third-order valence-corrected chi connectivity index (χ3v) is 4.96. The molecular weight excluding hydrogens is 364 g/mol. The summed E-state index contributed by atoms with van der Waals surface area (Å²) >= 11 is 0. The van der Waals surface area contributed by atoms with E-state index in [2.05, 4.69) is 36.2 Å². The molecule has 0 atom stereocenters. The SMILES string of the molecule is C/C=C/c1cc(C(=O)NCc2ccccc2CN(CC)CC)cc(OC)c1OC. The first kappa shape index (κ1) is 22.5. The van der Waals surface area contributed by atoms with Crippen LogP contribution in [0, 0.1) is 0 Å². The van der Waals surface area contributed by atoms with Crippen molar-refractivity contribution in [3.63, 3.8) is 0 Å². The van der Waals surface area contributed by atoms with Crippen molar-refractivity contribution in [2.45, 2.75) is 33.9 Å². The fourth-order valence-electron chi connectivity index (χ4n) is 3.28. The highest BCUT2D eigenvalue weighted by Crippen LogP contribution is 2.33. The Balaban J connectivity index is 2.21. The maximum atomic E-state index is 12.8. The van der Waals surface area contributed by atoms with Gasteiger partial charge in [0.15, 0.2) is 11.5 Å². The highest BCUT2D eigenvalue weighted by atomic mass is 16.5. The van der Waals surface area contributed by atoms with Crippen LogP contribution in [0.25, 0.3) is 6.08 Å². The average Bonchev–Trinajstić information content (AvgIpc) is 2.75. The lowest BCUT2D eigenvalue weighted by Crippen LogP contribution is -2.26. The molecule has 0 radical (unpaired) electrons. The van der Waals surface area contributed by atoms with Gasteiger partial charge in [-0.25, -0.2) is 0 Å². The minimum absolute atomic E-state index is 0.144. The lowest BCUT2D eigenvalue weighted by molar-refractivity contribution is 0.0950. The van der Waals surface area contributed by atoms with Crippen molar-refractivity contribution >= 4 is 12.0 Å². The summed E-state index contributed by atoms with van der Waals surface area (Å²) in [5, 5.41) is 3.05. The molecule has 0 aliphatic carbocycles. The Hall–Kier alpha value is -2.79. The van der Waals surface area contributed by atoms with E-state index in [1.54, 1.807) is 20.3 Å². The Morgan fingerprint density at radius 1 is 1.07 bits per heavy atom. The predicted octanol–water partition coefficient (Wildman–Crippen LogP) is 4.51. The average molecular weight is 397 g/mol. The minimum atomic E-state index is -0.144. The molecule has 0 saturated heterocycles. The van der Waals surface area contributed by atoms with Crippen LogP contribution in [0.2, 0.25) is 0 Å². The van der Waals surface area contributed by atoms with Crippen LogP contribution in [0.4, 0.5) is 0 Å². The molecule has 0 aliphatic rings. The van der Waals surface area contributed by atoms with E-state index in [0.717, 1.165) is 30.8 Å². The summed E-state index contributed by atoms with van der Waals surface area (Å²) in [5.74, 6) is 1.01. The van der Waals surface area contributed by atoms with Crippen molar-refractivity contribution < 1.29 is 14.3 Å². The van der Waals surface area contributed by atoms with Crippen molar-refractivity contribution in [3.05, 3.63) is 64.7 Å². The smallest absolute Gasteiger partial charge is 0.251 e. The lowest BCUT2D eigenvalue weighted by Gasteiger charge is -2.20. The first-order chi connectivity index (χ1) is 14.1. The summed E-state index contributed by atoms with van der Waals surface area (Å²) in [6.07, 6.45) is 3.81. The van der Waals surface area contributed by atoms with Gasteiger partial charge in [-0.3, -0.25) is 9.69 Å². The fourth-order valence-corrected chi connectivity index (χ4v) is 3.28. The van der Waals surface area contributed by atoms with Gasteiger partial charge in [-0.05, 0) is 43.3 Å². The maximum absolute atomic E-state index is 12.8. The van der Waals surface area contributed by atoms with E-state index in [4.69, 9.17) is 9.47 Å². The molecular formula is C24H32N2O3. The molecule has 2 aromatic carbocycles. The van der Waals surface area contributed by atoms with Crippen LogP contribution in [0.1, 0.15) is 47.8 Å². The highest BCUT2D eigenvalue weighted by Gasteiger charge is 2.15. The first-order valence-electron chi connectivity index (χ1n) is 10.0. The number of carbonyl (C=O) groups is 1. The van der Waals surface area contributed by atoms with E-state index < -0.39 is 0 Å². The molecule has 0 heterocycles. The van der Waals surface area contributed by atoms with Gasteiger partial charge in [0.25, 0.3) is 5.91 Å². The summed E-state index contributed by atoms with van der Waals surface area (Å²) < 4.78 is 10.9. The Morgan fingerprint density at radius 3 is 2.34 bits per heavy atom. The van der Waals surface area contributed by atoms with Gasteiger partial charge < -0.3 is 14.8 Å². The molecule has 29 heavy (non-hydrogen) atoms. The zero-order valence-corrected chi connectivity index (χ0v) is 18.1. The van der Waals surface area contributed by atoms with Gasteiger partial charge in [-0.15, -0.1) is 0 Å². The number of ether oxygens (including phenoxy) is 2. The predicted molar refractivity (Wildman–Crippen MR) is 118 cm³/mol. The summed E-state index contributed by atoms with van der Waals surface area (Å²) in [5.41, 5.74) is 3.71. The number of nitrogens with one attached hydrogen (secondary N) is 1. The molecule has 0 spiro atoms. The van der Waals surface area contributed by atoms with Crippen LogP contribution in [0.3, 0.4) is 0 Å². The van der Waals surface area contributed by atoms with Gasteiger partial charge in [0.2, 0.25) is 0 Å². The van der Waals surface area contributed by atoms with Gasteiger partial charge in [0.05, 0.1) is 14.2 Å². The van der Waals surface area contributed by atoms with Crippen molar-refractivity contribution in [3.8, 4) is 11.5 Å². The molecule has 0 fully saturated rings. The monoisotopic (exact) mass is 396 g/mol. The molecule has 5 heteroatoms. The fraction of sp³-hybridized carbons (Fsp3) is 0.375. The summed E-state index contributed by atoms with van der Waals surface area (Å²) in [7, 11) is 3.17. The van der Waals surface area contributed by atoms with Crippen LogP contribution < -0.4 is 14.8 Å². The van der Waals surface area contributed by atoms with Crippen LogP contribution in [0.15, 0.2) is 42.5 Å². The van der Waals surface area contributed by atoms with Crippen LogP contribution in [0.5, 0.6) is 11.5 Å². The van der Waals surface area contributed by atoms with Gasteiger partial charge in [-0.1, -0.05) is 50.3 Å².